The number of nitrogens with one attached hydrogen (secondary N) is 1. The Bertz CT molecular complexity index is 258. The Balaban J connectivity index is 3.67. The fraction of sp³-hybridized carbons (Fsp3) is 0.727. The van der Waals surface area contributed by atoms with Gasteiger partial charge in [0.2, 0.25) is 0 Å². The first-order chi connectivity index (χ1) is 6.85. The molecule has 0 aliphatic rings. The summed E-state index contributed by atoms with van der Waals surface area (Å²) in [7, 11) is 0. The number of rotatable bonds is 3. The van der Waals surface area contributed by atoms with Gasteiger partial charge in [0.15, 0.2) is 0 Å². The third-order valence-electron chi connectivity index (χ3n) is 1.45. The van der Waals surface area contributed by atoms with Crippen LogP contribution in [0.4, 0.5) is 4.79 Å². The first kappa shape index (κ1) is 13.8. The van der Waals surface area contributed by atoms with Crippen molar-refractivity contribution in [3.05, 3.63) is 0 Å². The Morgan fingerprint density at radius 3 is 2.60 bits per heavy atom. The minimum atomic E-state index is -0.463. The van der Waals surface area contributed by atoms with Crippen LogP contribution in [0.1, 0.15) is 34.1 Å². The average Bonchev–Trinajstić information content (AvgIpc) is 2.00. The van der Waals surface area contributed by atoms with Gasteiger partial charge in [-0.2, -0.15) is 0 Å². The second-order valence-corrected chi connectivity index (χ2v) is 4.22. The van der Waals surface area contributed by atoms with Gasteiger partial charge in [-0.3, -0.25) is 0 Å². The van der Waals surface area contributed by atoms with Crippen LogP contribution < -0.4 is 11.1 Å². The molecule has 0 fully saturated rings. The molecule has 86 valence electrons. The number of carbonyl (C=O) groups is 1. The third kappa shape index (κ3) is 9.10. The second kappa shape index (κ2) is 6.31. The van der Waals surface area contributed by atoms with Gasteiger partial charge in [0.05, 0.1) is 6.04 Å². The molecule has 1 unspecified atom stereocenters. The topological polar surface area (TPSA) is 64.3 Å². The molecule has 0 saturated heterocycles. The molecule has 1 atom stereocenters. The summed E-state index contributed by atoms with van der Waals surface area (Å²) in [6.45, 7) is 7.68. The first-order valence-corrected chi connectivity index (χ1v) is 5.00. The Hall–Kier alpha value is -1.21. The molecule has 0 aliphatic carbocycles. The predicted molar refractivity (Wildman–Crippen MR) is 60.3 cm³/mol. The summed E-state index contributed by atoms with van der Waals surface area (Å²) in [5, 5.41) is 2.62. The highest BCUT2D eigenvalue weighted by Crippen LogP contribution is 2.06. The quantitative estimate of drug-likeness (QED) is 0.692. The fourth-order valence-corrected chi connectivity index (χ4v) is 0.901. The van der Waals surface area contributed by atoms with Crippen molar-refractivity contribution in [3.8, 4) is 11.8 Å². The van der Waals surface area contributed by atoms with Crippen LogP contribution >= 0.6 is 0 Å². The van der Waals surface area contributed by atoms with E-state index in [0.29, 0.717) is 13.0 Å². The van der Waals surface area contributed by atoms with Crippen molar-refractivity contribution in [1.29, 1.82) is 0 Å². The van der Waals surface area contributed by atoms with Gasteiger partial charge in [-0.05, 0) is 34.1 Å². The molecule has 4 nitrogen and oxygen atoms in total. The van der Waals surface area contributed by atoms with Gasteiger partial charge >= 0.3 is 6.09 Å². The van der Waals surface area contributed by atoms with E-state index < -0.39 is 11.7 Å². The predicted octanol–water partition coefficient (Wildman–Crippen LogP) is 1.25. The number of nitrogens with two attached hydrogens (primary N) is 1. The van der Waals surface area contributed by atoms with Crippen LogP contribution in [0.25, 0.3) is 0 Å². The highest BCUT2D eigenvalue weighted by Gasteiger charge is 2.15. The lowest BCUT2D eigenvalue weighted by atomic mass is 10.2. The zero-order chi connectivity index (χ0) is 11.9. The van der Waals surface area contributed by atoms with Gasteiger partial charge in [0.25, 0.3) is 0 Å². The number of hydrogen-bond donors (Lipinski definition) is 2. The molecular weight excluding hydrogens is 192 g/mol. The van der Waals surface area contributed by atoms with Crippen molar-refractivity contribution in [1.82, 2.24) is 5.32 Å². The summed E-state index contributed by atoms with van der Waals surface area (Å²) in [6.07, 6.45) is 0.208. The fourth-order valence-electron chi connectivity index (χ4n) is 0.901. The lowest BCUT2D eigenvalue weighted by molar-refractivity contribution is 0.0527. The normalized spacial score (nSPS) is 12.3. The van der Waals surface area contributed by atoms with E-state index in [0.717, 1.165) is 0 Å². The number of carbonyl (C=O) groups excluding carboxylic acids is 1. The van der Waals surface area contributed by atoms with Crippen LogP contribution in [0, 0.1) is 11.8 Å². The second-order valence-electron chi connectivity index (χ2n) is 4.22. The SMILES string of the molecule is CC#CC(N)CCNC(=O)OC(C)(C)C. The van der Waals surface area contributed by atoms with Gasteiger partial charge in [0, 0.05) is 6.54 Å². The van der Waals surface area contributed by atoms with Crippen molar-refractivity contribution in [2.24, 2.45) is 5.73 Å². The molecule has 0 radical (unpaired) electrons. The summed E-state index contributed by atoms with van der Waals surface area (Å²) in [5.74, 6) is 5.53. The van der Waals surface area contributed by atoms with E-state index in [9.17, 15) is 4.79 Å². The Morgan fingerprint density at radius 2 is 2.13 bits per heavy atom. The molecular formula is C11H20N2O2. The van der Waals surface area contributed by atoms with Crippen LogP contribution in [0.3, 0.4) is 0 Å². The molecule has 0 bridgehead atoms. The van der Waals surface area contributed by atoms with Crippen LogP contribution in [-0.2, 0) is 4.74 Å². The molecule has 15 heavy (non-hydrogen) atoms. The van der Waals surface area contributed by atoms with Gasteiger partial charge in [-0.25, -0.2) is 4.79 Å². The molecule has 0 aromatic heterocycles. The van der Waals surface area contributed by atoms with E-state index >= 15 is 0 Å². The molecule has 4 heteroatoms. The summed E-state index contributed by atoms with van der Waals surface area (Å²) in [5.41, 5.74) is 5.17. The number of amides is 1. The maximum Gasteiger partial charge on any atom is 0.407 e. The summed E-state index contributed by atoms with van der Waals surface area (Å²) < 4.78 is 5.05. The number of alkyl carbamates (subject to hydrolysis) is 1. The molecule has 0 spiro atoms. The molecule has 0 aliphatic heterocycles. The van der Waals surface area contributed by atoms with Crippen molar-refractivity contribution in [3.63, 3.8) is 0 Å². The van der Waals surface area contributed by atoms with Gasteiger partial charge < -0.3 is 15.8 Å². The Kier molecular flexibility index (Phi) is 5.80. The van der Waals surface area contributed by atoms with Gasteiger partial charge in [-0.15, -0.1) is 5.92 Å². The first-order valence-electron chi connectivity index (χ1n) is 5.00. The average molecular weight is 212 g/mol. The van der Waals surface area contributed by atoms with E-state index in [1.807, 2.05) is 20.8 Å². The monoisotopic (exact) mass is 212 g/mol. The zero-order valence-corrected chi connectivity index (χ0v) is 9.89. The summed E-state index contributed by atoms with van der Waals surface area (Å²) >= 11 is 0. The smallest absolute Gasteiger partial charge is 0.407 e. The van der Waals surface area contributed by atoms with Gasteiger partial charge in [0.1, 0.15) is 5.60 Å². The molecule has 0 saturated carbocycles. The van der Waals surface area contributed by atoms with Gasteiger partial charge in [-0.1, -0.05) is 5.92 Å². The Labute approximate surface area is 91.6 Å². The third-order valence-corrected chi connectivity index (χ3v) is 1.45. The van der Waals surface area contributed by atoms with Crippen LogP contribution in [-0.4, -0.2) is 24.3 Å². The molecule has 3 N–H and O–H groups in total. The van der Waals surface area contributed by atoms with Crippen molar-refractivity contribution in [2.75, 3.05) is 6.54 Å². The molecule has 1 amide bonds. The largest absolute Gasteiger partial charge is 0.444 e. The minimum Gasteiger partial charge on any atom is -0.444 e. The number of ether oxygens (including phenoxy) is 1. The Morgan fingerprint density at radius 1 is 1.53 bits per heavy atom. The van der Waals surface area contributed by atoms with Crippen molar-refractivity contribution >= 4 is 6.09 Å². The van der Waals surface area contributed by atoms with E-state index in [4.69, 9.17) is 10.5 Å². The van der Waals surface area contributed by atoms with E-state index in [-0.39, 0.29) is 6.04 Å². The lowest BCUT2D eigenvalue weighted by Crippen LogP contribution is -2.34. The molecule has 0 rings (SSSR count). The molecule has 0 aromatic carbocycles. The maximum absolute atomic E-state index is 11.2. The minimum absolute atomic E-state index is 0.190. The van der Waals surface area contributed by atoms with Crippen molar-refractivity contribution in [2.45, 2.75) is 45.8 Å². The summed E-state index contributed by atoms with van der Waals surface area (Å²) in [6, 6.07) is -0.190. The maximum atomic E-state index is 11.2. The van der Waals surface area contributed by atoms with E-state index in [1.54, 1.807) is 6.92 Å². The zero-order valence-electron chi connectivity index (χ0n) is 9.89. The molecule has 0 aromatic rings. The molecule has 0 heterocycles. The number of hydrogen-bond acceptors (Lipinski definition) is 3. The standard InChI is InChI=1S/C11H20N2O2/c1-5-6-9(12)7-8-13-10(14)15-11(2,3)4/h9H,7-8,12H2,1-4H3,(H,13,14). The summed E-state index contributed by atoms with van der Waals surface area (Å²) in [4.78, 5) is 11.2. The van der Waals surface area contributed by atoms with Crippen LogP contribution in [0.2, 0.25) is 0 Å². The van der Waals surface area contributed by atoms with Crippen LogP contribution in [0.15, 0.2) is 0 Å². The van der Waals surface area contributed by atoms with E-state index in [1.165, 1.54) is 0 Å². The van der Waals surface area contributed by atoms with Crippen LogP contribution in [0.5, 0.6) is 0 Å². The van der Waals surface area contributed by atoms with Crippen molar-refractivity contribution < 1.29 is 9.53 Å². The highest BCUT2D eigenvalue weighted by molar-refractivity contribution is 5.67. The highest BCUT2D eigenvalue weighted by atomic mass is 16.6. The van der Waals surface area contributed by atoms with E-state index in [2.05, 4.69) is 17.2 Å². The lowest BCUT2D eigenvalue weighted by Gasteiger charge is -2.19.